The van der Waals surface area contributed by atoms with Crippen molar-refractivity contribution in [2.24, 2.45) is 0 Å². The third kappa shape index (κ3) is 2.23. The summed E-state index contributed by atoms with van der Waals surface area (Å²) in [6.45, 7) is 1.44. The summed E-state index contributed by atoms with van der Waals surface area (Å²) in [6.07, 6.45) is 7.85. The van der Waals surface area contributed by atoms with E-state index < -0.39 is 0 Å². The van der Waals surface area contributed by atoms with Crippen molar-refractivity contribution in [2.75, 3.05) is 6.54 Å². The van der Waals surface area contributed by atoms with Crippen LogP contribution in [0.2, 0.25) is 0 Å². The minimum absolute atomic E-state index is 0.0313. The molecule has 0 saturated heterocycles. The van der Waals surface area contributed by atoms with Gasteiger partial charge in [-0.3, -0.25) is 14.5 Å². The van der Waals surface area contributed by atoms with E-state index in [1.807, 2.05) is 23.0 Å². The third-order valence-corrected chi connectivity index (χ3v) is 4.75. The lowest BCUT2D eigenvalue weighted by Crippen LogP contribution is -2.24. The number of amides is 1. The van der Waals surface area contributed by atoms with Gasteiger partial charge >= 0.3 is 0 Å². The second kappa shape index (κ2) is 5.47. The molecule has 4 heterocycles. The Morgan fingerprint density at radius 3 is 3.00 bits per heavy atom. The normalized spacial score (nSPS) is 15.6. The highest BCUT2D eigenvalue weighted by molar-refractivity contribution is 5.96. The fourth-order valence-corrected chi connectivity index (χ4v) is 3.55. The standard InChI is InChI=1S/C18H16N6O/c25-18-16-13-5-4-11-10-21-17(12-3-1-6-19-9-12)22-14(11)15(13)23-24(16)8-2-7-20-18/h1,3,6,9-10H,2,4-5,7-8H2,(H,20,25). The van der Waals surface area contributed by atoms with E-state index in [0.29, 0.717) is 18.1 Å². The summed E-state index contributed by atoms with van der Waals surface area (Å²) in [6, 6.07) is 3.81. The van der Waals surface area contributed by atoms with Crippen molar-refractivity contribution in [1.29, 1.82) is 0 Å². The molecule has 0 radical (unpaired) electrons. The number of nitrogens with zero attached hydrogens (tertiary/aromatic N) is 5. The van der Waals surface area contributed by atoms with Gasteiger partial charge in [0.1, 0.15) is 11.4 Å². The molecule has 3 aromatic rings. The molecule has 7 nitrogen and oxygen atoms in total. The van der Waals surface area contributed by atoms with E-state index in [4.69, 9.17) is 10.1 Å². The van der Waals surface area contributed by atoms with Crippen LogP contribution < -0.4 is 5.32 Å². The molecule has 0 fully saturated rings. The van der Waals surface area contributed by atoms with Crippen LogP contribution in [0.4, 0.5) is 0 Å². The summed E-state index contributed by atoms with van der Waals surface area (Å²) in [5.74, 6) is 0.601. The Labute approximate surface area is 144 Å². The maximum atomic E-state index is 12.4. The van der Waals surface area contributed by atoms with Gasteiger partial charge in [-0.25, -0.2) is 9.97 Å². The Hall–Kier alpha value is -3.09. The number of hydrogen-bond donors (Lipinski definition) is 1. The fourth-order valence-electron chi connectivity index (χ4n) is 3.55. The van der Waals surface area contributed by atoms with Crippen molar-refractivity contribution in [3.8, 4) is 22.8 Å². The number of fused-ring (bicyclic) bond motifs is 5. The van der Waals surface area contributed by atoms with Crippen molar-refractivity contribution < 1.29 is 4.79 Å². The first-order valence-corrected chi connectivity index (χ1v) is 8.46. The second-order valence-corrected chi connectivity index (χ2v) is 6.32. The number of carbonyl (C=O) groups is 1. The summed E-state index contributed by atoms with van der Waals surface area (Å²) in [7, 11) is 0. The molecular weight excluding hydrogens is 316 g/mol. The average molecular weight is 332 g/mol. The molecule has 0 saturated carbocycles. The highest BCUT2D eigenvalue weighted by Gasteiger charge is 2.30. The first-order valence-electron chi connectivity index (χ1n) is 8.46. The number of rotatable bonds is 1. The summed E-state index contributed by atoms with van der Waals surface area (Å²) >= 11 is 0. The number of nitrogens with one attached hydrogen (secondary N) is 1. The number of aryl methyl sites for hydroxylation is 2. The molecule has 1 amide bonds. The van der Waals surface area contributed by atoms with Crippen LogP contribution in [0.25, 0.3) is 22.8 Å². The highest BCUT2D eigenvalue weighted by Crippen LogP contribution is 2.34. The smallest absolute Gasteiger partial charge is 0.269 e. The summed E-state index contributed by atoms with van der Waals surface area (Å²) < 4.78 is 1.84. The minimum Gasteiger partial charge on any atom is -0.351 e. The minimum atomic E-state index is -0.0313. The SMILES string of the molecule is O=C1NCCCn2nc3c(c21)CCc1cnc(-c2cccnc2)nc1-3. The first kappa shape index (κ1) is 14.3. The molecule has 25 heavy (non-hydrogen) atoms. The Kier molecular flexibility index (Phi) is 3.12. The van der Waals surface area contributed by atoms with E-state index >= 15 is 0 Å². The van der Waals surface area contributed by atoms with Gasteiger partial charge in [-0.05, 0) is 37.0 Å². The zero-order chi connectivity index (χ0) is 16.8. The molecule has 5 rings (SSSR count). The summed E-state index contributed by atoms with van der Waals surface area (Å²) in [5.41, 5.74) is 5.30. The van der Waals surface area contributed by atoms with Gasteiger partial charge in [0.2, 0.25) is 0 Å². The molecule has 0 aromatic carbocycles. The first-order chi connectivity index (χ1) is 12.3. The molecule has 0 spiro atoms. The summed E-state index contributed by atoms with van der Waals surface area (Å²) in [4.78, 5) is 25.8. The van der Waals surface area contributed by atoms with E-state index in [-0.39, 0.29) is 5.91 Å². The average Bonchev–Trinajstić information content (AvgIpc) is 2.94. The Balaban J connectivity index is 1.68. The van der Waals surface area contributed by atoms with E-state index in [1.165, 1.54) is 0 Å². The Morgan fingerprint density at radius 1 is 1.16 bits per heavy atom. The lowest BCUT2D eigenvalue weighted by molar-refractivity contribution is 0.0949. The molecule has 1 aliphatic heterocycles. The molecule has 0 atom stereocenters. The van der Waals surface area contributed by atoms with Crippen LogP contribution in [0.5, 0.6) is 0 Å². The van der Waals surface area contributed by atoms with Crippen molar-refractivity contribution in [1.82, 2.24) is 30.0 Å². The van der Waals surface area contributed by atoms with Crippen LogP contribution in [0.3, 0.4) is 0 Å². The molecule has 2 aliphatic rings. The lowest BCUT2D eigenvalue weighted by atomic mass is 9.93. The quantitative estimate of drug-likeness (QED) is 0.732. The molecule has 1 aliphatic carbocycles. The van der Waals surface area contributed by atoms with Gasteiger partial charge in [0, 0.05) is 42.8 Å². The maximum absolute atomic E-state index is 12.4. The molecular formula is C18H16N6O. The van der Waals surface area contributed by atoms with Crippen LogP contribution in [0.15, 0.2) is 30.7 Å². The van der Waals surface area contributed by atoms with Crippen LogP contribution in [0, 0.1) is 0 Å². The Bertz CT molecular complexity index is 979. The van der Waals surface area contributed by atoms with Gasteiger partial charge in [0.25, 0.3) is 5.91 Å². The van der Waals surface area contributed by atoms with Crippen LogP contribution in [0.1, 0.15) is 28.0 Å². The van der Waals surface area contributed by atoms with Crippen molar-refractivity contribution in [3.63, 3.8) is 0 Å². The van der Waals surface area contributed by atoms with Crippen molar-refractivity contribution in [3.05, 3.63) is 47.5 Å². The van der Waals surface area contributed by atoms with Gasteiger partial charge in [-0.1, -0.05) is 0 Å². The zero-order valence-electron chi connectivity index (χ0n) is 13.6. The number of hydrogen-bond acceptors (Lipinski definition) is 5. The predicted molar refractivity (Wildman–Crippen MR) is 90.8 cm³/mol. The number of pyridine rings is 1. The monoisotopic (exact) mass is 332 g/mol. The molecule has 1 N–H and O–H groups in total. The van der Waals surface area contributed by atoms with Gasteiger partial charge in [0.15, 0.2) is 5.82 Å². The summed E-state index contributed by atoms with van der Waals surface area (Å²) in [5, 5.41) is 7.69. The number of carbonyl (C=O) groups excluding carboxylic acids is 1. The highest BCUT2D eigenvalue weighted by atomic mass is 16.2. The largest absolute Gasteiger partial charge is 0.351 e. The van der Waals surface area contributed by atoms with E-state index in [1.54, 1.807) is 12.4 Å². The van der Waals surface area contributed by atoms with Crippen LogP contribution in [-0.4, -0.2) is 37.2 Å². The second-order valence-electron chi connectivity index (χ2n) is 6.32. The van der Waals surface area contributed by atoms with Crippen LogP contribution in [-0.2, 0) is 19.4 Å². The fraction of sp³-hybridized carbons (Fsp3) is 0.278. The molecule has 7 heteroatoms. The number of aromatic nitrogens is 5. The third-order valence-electron chi connectivity index (χ3n) is 4.75. The van der Waals surface area contributed by atoms with E-state index in [0.717, 1.165) is 53.9 Å². The van der Waals surface area contributed by atoms with Gasteiger partial charge in [-0.15, -0.1) is 0 Å². The lowest BCUT2D eigenvalue weighted by Gasteiger charge is -2.15. The predicted octanol–water partition coefficient (Wildman–Crippen LogP) is 1.63. The zero-order valence-corrected chi connectivity index (χ0v) is 13.6. The molecule has 0 bridgehead atoms. The molecule has 0 unspecified atom stereocenters. The molecule has 124 valence electrons. The van der Waals surface area contributed by atoms with Gasteiger partial charge in [0.05, 0.1) is 5.69 Å². The van der Waals surface area contributed by atoms with Crippen molar-refractivity contribution >= 4 is 5.91 Å². The van der Waals surface area contributed by atoms with Crippen LogP contribution >= 0.6 is 0 Å². The molecule has 3 aromatic heterocycles. The maximum Gasteiger partial charge on any atom is 0.269 e. The van der Waals surface area contributed by atoms with E-state index in [9.17, 15) is 4.79 Å². The van der Waals surface area contributed by atoms with Gasteiger partial charge < -0.3 is 5.32 Å². The Morgan fingerprint density at radius 2 is 2.12 bits per heavy atom. The topological polar surface area (TPSA) is 85.6 Å². The van der Waals surface area contributed by atoms with Crippen molar-refractivity contribution in [2.45, 2.75) is 25.8 Å². The van der Waals surface area contributed by atoms with E-state index in [2.05, 4.69) is 15.3 Å². The van der Waals surface area contributed by atoms with Gasteiger partial charge in [-0.2, -0.15) is 5.10 Å².